The van der Waals surface area contributed by atoms with E-state index in [1.807, 2.05) is 11.6 Å². The molecule has 0 fully saturated rings. The number of carbonyl (C=O) groups is 2. The summed E-state index contributed by atoms with van der Waals surface area (Å²) in [5, 5.41) is 19.9. The molecular formula is C26H29F3N6O7S. The predicted octanol–water partition coefficient (Wildman–Crippen LogP) is 4.10. The number of benzene rings is 2. The molecule has 0 atom stereocenters. The van der Waals surface area contributed by atoms with Crippen molar-refractivity contribution in [2.45, 2.75) is 51.2 Å². The van der Waals surface area contributed by atoms with Gasteiger partial charge in [-0.25, -0.2) is 17.8 Å². The highest BCUT2D eigenvalue weighted by Gasteiger charge is 2.35. The lowest BCUT2D eigenvalue weighted by Crippen LogP contribution is -2.45. The van der Waals surface area contributed by atoms with Gasteiger partial charge in [-0.2, -0.15) is 18.3 Å². The molecule has 0 bridgehead atoms. The maximum atomic E-state index is 13.5. The molecule has 1 aromatic heterocycles. The highest BCUT2D eigenvalue weighted by atomic mass is 32.2. The van der Waals surface area contributed by atoms with Crippen molar-refractivity contribution in [2.24, 2.45) is 5.28 Å². The smallest absolute Gasteiger partial charge is 0.435 e. The number of hydrogen-bond donors (Lipinski definition) is 1. The Balaban J connectivity index is 1.78. The third kappa shape index (κ3) is 8.67. The van der Waals surface area contributed by atoms with E-state index in [1.165, 1.54) is 26.0 Å². The van der Waals surface area contributed by atoms with Gasteiger partial charge < -0.3 is 14.8 Å². The Morgan fingerprint density at radius 3 is 2.33 bits per heavy atom. The molecule has 0 spiro atoms. The van der Waals surface area contributed by atoms with Gasteiger partial charge in [-0.15, -0.1) is 5.01 Å². The van der Waals surface area contributed by atoms with Crippen molar-refractivity contribution in [1.82, 2.24) is 19.5 Å². The minimum absolute atomic E-state index is 0.0800. The number of hydrazine groups is 1. The van der Waals surface area contributed by atoms with E-state index in [1.54, 1.807) is 31.2 Å². The van der Waals surface area contributed by atoms with Crippen molar-refractivity contribution >= 4 is 21.9 Å². The van der Waals surface area contributed by atoms with Crippen LogP contribution >= 0.6 is 0 Å². The molecule has 17 heteroatoms. The number of nitrogens with one attached hydrogen (secondary N) is 1. The Kier molecular flexibility index (Phi) is 10.3. The van der Waals surface area contributed by atoms with Gasteiger partial charge in [0.25, 0.3) is 22.7 Å². The summed E-state index contributed by atoms with van der Waals surface area (Å²) < 4.78 is 73.6. The zero-order valence-electron chi connectivity index (χ0n) is 23.5. The number of aromatic nitrogens is 2. The van der Waals surface area contributed by atoms with Crippen molar-refractivity contribution in [2.75, 3.05) is 13.3 Å². The predicted molar refractivity (Wildman–Crippen MR) is 144 cm³/mol. The average molecular weight is 627 g/mol. The van der Waals surface area contributed by atoms with E-state index >= 15 is 0 Å². The first-order chi connectivity index (χ1) is 20.1. The van der Waals surface area contributed by atoms with Gasteiger partial charge >= 0.3 is 12.1 Å². The second-order valence-corrected chi connectivity index (χ2v) is 11.0. The van der Waals surface area contributed by atoms with Crippen molar-refractivity contribution in [3.8, 4) is 16.9 Å². The molecule has 13 nitrogen and oxygen atoms in total. The first-order valence-corrected chi connectivity index (χ1v) is 14.2. The van der Waals surface area contributed by atoms with E-state index in [0.717, 1.165) is 33.5 Å². The molecule has 1 N–H and O–H groups in total. The lowest BCUT2D eigenvalue weighted by atomic mass is 10.1. The molecule has 43 heavy (non-hydrogen) atoms. The van der Waals surface area contributed by atoms with Crippen LogP contribution < -0.4 is 4.72 Å². The molecule has 0 aliphatic heterocycles. The molecule has 3 aromatic rings. The van der Waals surface area contributed by atoms with Crippen molar-refractivity contribution in [1.29, 1.82) is 0 Å². The minimum atomic E-state index is -4.72. The maximum absolute atomic E-state index is 13.5. The molecule has 0 radical (unpaired) electrons. The number of carbonyl (C=O) groups excluding carboxylic acids is 2. The van der Waals surface area contributed by atoms with E-state index in [4.69, 9.17) is 0 Å². The molecule has 0 unspecified atom stereocenters. The maximum Gasteiger partial charge on any atom is 0.435 e. The number of esters is 1. The monoisotopic (exact) mass is 626 g/mol. The van der Waals surface area contributed by atoms with Gasteiger partial charge in [-0.1, -0.05) is 36.8 Å². The minimum Gasteiger partial charge on any atom is -0.569 e. The molecule has 0 aliphatic carbocycles. The molecule has 1 heterocycles. The fraction of sp³-hybridized carbons (Fsp3) is 0.346. The van der Waals surface area contributed by atoms with Crippen LogP contribution in [0.25, 0.3) is 16.9 Å². The van der Waals surface area contributed by atoms with E-state index in [-0.39, 0.29) is 27.7 Å². The van der Waals surface area contributed by atoms with Gasteiger partial charge in [0, 0.05) is 12.0 Å². The first kappa shape index (κ1) is 32.8. The highest BCUT2D eigenvalue weighted by Crippen LogP contribution is 2.33. The Morgan fingerprint density at radius 2 is 1.77 bits per heavy atom. The zero-order chi connectivity index (χ0) is 31.9. The third-order valence-electron chi connectivity index (χ3n) is 5.80. The normalized spacial score (nSPS) is 12.2. The summed E-state index contributed by atoms with van der Waals surface area (Å²) in [6.45, 7) is 5.06. The number of amides is 1. The molecule has 2 aromatic carbocycles. The van der Waals surface area contributed by atoms with Gasteiger partial charge in [0.2, 0.25) is 5.28 Å². The lowest BCUT2D eigenvalue weighted by molar-refractivity contribution is -0.715. The molecule has 0 saturated carbocycles. The lowest BCUT2D eigenvalue weighted by Gasteiger charge is -2.21. The standard InChI is InChI=1S/C26H29F3N6O7S/c1-5-25(37)41-16-42-32-35(38)33(17(2)3)15-24(36)31-43(39,40)21-12-10-20(11-13-21)34-22(14-23(30-34)26(27,28)29)19-8-6-18(4)7-9-19/h6-14,17H,5,15-16H2,1-4H3,(H,31,36). The summed E-state index contributed by atoms with van der Waals surface area (Å²) in [6, 6.07) is 11.7. The number of aryl methyl sites for hydroxylation is 1. The van der Waals surface area contributed by atoms with Crippen LogP contribution in [-0.4, -0.2) is 59.4 Å². The van der Waals surface area contributed by atoms with Crippen molar-refractivity contribution in [3.63, 3.8) is 0 Å². The number of halogens is 3. The summed E-state index contributed by atoms with van der Waals surface area (Å²) in [7, 11) is -4.45. The average Bonchev–Trinajstić information content (AvgIpc) is 3.40. The summed E-state index contributed by atoms with van der Waals surface area (Å²) in [4.78, 5) is 27.8. The number of hydrogen-bond acceptors (Lipinski definition) is 9. The molecule has 0 aliphatic rings. The number of rotatable bonds is 12. The molecular weight excluding hydrogens is 597 g/mol. The van der Waals surface area contributed by atoms with E-state index in [9.17, 15) is 36.4 Å². The van der Waals surface area contributed by atoms with Crippen LogP contribution in [0.15, 0.2) is 64.8 Å². The number of alkyl halides is 3. The largest absolute Gasteiger partial charge is 0.569 e. The van der Waals surface area contributed by atoms with E-state index in [0.29, 0.717) is 5.56 Å². The van der Waals surface area contributed by atoms with Crippen LogP contribution in [0.5, 0.6) is 0 Å². The quantitative estimate of drug-likeness (QED) is 0.0780. The van der Waals surface area contributed by atoms with Crippen molar-refractivity contribution in [3.05, 3.63) is 71.1 Å². The van der Waals surface area contributed by atoms with Crippen LogP contribution in [0.2, 0.25) is 0 Å². The topological polar surface area (TPSA) is 158 Å². The van der Waals surface area contributed by atoms with E-state index in [2.05, 4.69) is 20.0 Å². The Hall–Kier alpha value is -4.67. The van der Waals surface area contributed by atoms with E-state index < -0.39 is 53.1 Å². The summed E-state index contributed by atoms with van der Waals surface area (Å²) >= 11 is 0. The van der Waals surface area contributed by atoms with Crippen LogP contribution in [0.3, 0.4) is 0 Å². The van der Waals surface area contributed by atoms with Crippen molar-refractivity contribution < 1.29 is 45.7 Å². The highest BCUT2D eigenvalue weighted by molar-refractivity contribution is 7.90. The van der Waals surface area contributed by atoms with Gasteiger partial charge in [-0.3, -0.25) is 9.59 Å². The van der Waals surface area contributed by atoms with Gasteiger partial charge in [-0.05, 0) is 51.1 Å². The molecule has 3 rings (SSSR count). The Labute approximate surface area is 245 Å². The second-order valence-electron chi connectivity index (χ2n) is 9.36. The van der Waals surface area contributed by atoms with Crippen LogP contribution in [-0.2, 0) is 35.4 Å². The molecule has 232 valence electrons. The van der Waals surface area contributed by atoms with Gasteiger partial charge in [0.15, 0.2) is 12.2 Å². The Bertz CT molecular complexity index is 1570. The molecule has 0 saturated heterocycles. The van der Waals surface area contributed by atoms with Gasteiger partial charge in [0.1, 0.15) is 0 Å². The first-order valence-electron chi connectivity index (χ1n) is 12.7. The zero-order valence-corrected chi connectivity index (χ0v) is 24.3. The van der Waals surface area contributed by atoms with Crippen LogP contribution in [0.1, 0.15) is 38.4 Å². The summed E-state index contributed by atoms with van der Waals surface area (Å²) in [6.07, 6.45) is -4.64. The van der Waals surface area contributed by atoms with Crippen LogP contribution in [0.4, 0.5) is 13.2 Å². The number of sulfonamides is 1. The fourth-order valence-electron chi connectivity index (χ4n) is 3.56. The Morgan fingerprint density at radius 1 is 1.14 bits per heavy atom. The SMILES string of the molecule is CCC(=O)OCON=[N+]([O-])N(CC(=O)NS(=O)(=O)c1ccc(-n2nc(C(F)(F)F)cc2-c2ccc(C)cc2)cc1)C(C)C. The van der Waals surface area contributed by atoms with Crippen LogP contribution in [0, 0.1) is 12.1 Å². The summed E-state index contributed by atoms with van der Waals surface area (Å²) in [5.41, 5.74) is 0.493. The second kappa shape index (κ2) is 13.5. The molecule has 1 amide bonds. The summed E-state index contributed by atoms with van der Waals surface area (Å²) in [5.74, 6) is -1.68. The third-order valence-corrected chi connectivity index (χ3v) is 7.19. The number of ether oxygens (including phenoxy) is 1. The fourth-order valence-corrected chi connectivity index (χ4v) is 4.53. The number of nitrogens with zero attached hydrogens (tertiary/aromatic N) is 5. The van der Waals surface area contributed by atoms with Gasteiger partial charge in [0.05, 0.1) is 27.3 Å².